The van der Waals surface area contributed by atoms with Crippen molar-refractivity contribution in [1.29, 1.82) is 0 Å². The monoisotopic (exact) mass is 376 g/mol. The summed E-state index contributed by atoms with van der Waals surface area (Å²) in [5, 5.41) is 0. The van der Waals surface area contributed by atoms with E-state index >= 15 is 0 Å². The molecule has 0 aliphatic carbocycles. The van der Waals surface area contributed by atoms with Gasteiger partial charge in [-0.05, 0) is 40.2 Å². The van der Waals surface area contributed by atoms with Crippen molar-refractivity contribution in [3.8, 4) is 0 Å². The third-order valence-electron chi connectivity index (χ3n) is 2.85. The Morgan fingerprint density at radius 1 is 1.19 bits per heavy atom. The third-order valence-corrected chi connectivity index (χ3v) is 5.19. The molecule has 8 heteroatoms. The normalized spacial score (nSPS) is 11.4. The highest BCUT2D eigenvalue weighted by Gasteiger charge is 2.28. The predicted octanol–water partition coefficient (Wildman–Crippen LogP) is 3.13. The fourth-order valence-corrected chi connectivity index (χ4v) is 3.69. The van der Waals surface area contributed by atoms with Gasteiger partial charge in [-0.15, -0.1) is 0 Å². The lowest BCUT2D eigenvalue weighted by molar-refractivity contribution is 0.561. The summed E-state index contributed by atoms with van der Waals surface area (Å²) in [4.78, 5) is -0.625. The number of nitrogens with zero attached hydrogens (tertiary/aromatic N) is 1. The summed E-state index contributed by atoms with van der Waals surface area (Å²) in [5.41, 5.74) is 5.43. The van der Waals surface area contributed by atoms with E-state index in [1.54, 1.807) is 0 Å². The lowest BCUT2D eigenvalue weighted by Gasteiger charge is -2.20. The van der Waals surface area contributed by atoms with E-state index in [0.717, 1.165) is 19.2 Å². The largest absolute Gasteiger partial charge is 0.399 e. The van der Waals surface area contributed by atoms with Crippen LogP contribution in [0, 0.1) is 11.6 Å². The molecule has 112 valence electrons. The lowest BCUT2D eigenvalue weighted by atomic mass is 10.3. The molecule has 0 amide bonds. The molecule has 2 aromatic rings. The van der Waals surface area contributed by atoms with E-state index in [9.17, 15) is 17.2 Å². The number of anilines is 2. The van der Waals surface area contributed by atoms with Crippen molar-refractivity contribution in [3.63, 3.8) is 0 Å². The van der Waals surface area contributed by atoms with Gasteiger partial charge >= 0.3 is 0 Å². The van der Waals surface area contributed by atoms with Gasteiger partial charge in [0.05, 0.1) is 10.2 Å². The van der Waals surface area contributed by atoms with E-state index in [0.29, 0.717) is 4.31 Å². The number of rotatable bonds is 3. The van der Waals surface area contributed by atoms with E-state index in [1.807, 2.05) is 0 Å². The number of halogens is 3. The summed E-state index contributed by atoms with van der Waals surface area (Å²) < 4.78 is 53.3. The number of hydrogen-bond donors (Lipinski definition) is 1. The Labute approximate surface area is 129 Å². The van der Waals surface area contributed by atoms with Crippen molar-refractivity contribution in [2.24, 2.45) is 0 Å². The SMILES string of the molecule is CN(c1ccccc1F)S(=O)(=O)c1cc(N)cc(Br)c1F. The highest BCUT2D eigenvalue weighted by molar-refractivity contribution is 9.10. The van der Waals surface area contributed by atoms with Crippen LogP contribution in [0.1, 0.15) is 0 Å². The Hall–Kier alpha value is -1.67. The molecule has 2 N–H and O–H groups in total. The Morgan fingerprint density at radius 3 is 2.43 bits per heavy atom. The van der Waals surface area contributed by atoms with Crippen LogP contribution < -0.4 is 10.0 Å². The first kappa shape index (κ1) is 15.7. The minimum absolute atomic E-state index is 0.0729. The average molecular weight is 377 g/mol. The first-order chi connectivity index (χ1) is 9.75. The molecule has 2 aromatic carbocycles. The van der Waals surface area contributed by atoms with Crippen molar-refractivity contribution in [3.05, 3.63) is 52.5 Å². The number of hydrogen-bond acceptors (Lipinski definition) is 3. The van der Waals surface area contributed by atoms with Crippen molar-refractivity contribution < 1.29 is 17.2 Å². The van der Waals surface area contributed by atoms with Crippen LogP contribution in [0.15, 0.2) is 45.8 Å². The molecule has 0 aliphatic heterocycles. The molecule has 0 heterocycles. The van der Waals surface area contributed by atoms with Crippen LogP contribution in [0.25, 0.3) is 0 Å². The Balaban J connectivity index is 2.60. The van der Waals surface area contributed by atoms with E-state index in [2.05, 4.69) is 15.9 Å². The minimum atomic E-state index is -4.28. The highest BCUT2D eigenvalue weighted by atomic mass is 79.9. The van der Waals surface area contributed by atoms with Crippen molar-refractivity contribution in [2.75, 3.05) is 17.1 Å². The summed E-state index contributed by atoms with van der Waals surface area (Å²) in [5.74, 6) is -1.71. The van der Waals surface area contributed by atoms with Gasteiger partial charge in [0.1, 0.15) is 10.7 Å². The molecule has 0 fully saturated rings. The Bertz CT molecular complexity index is 797. The summed E-state index contributed by atoms with van der Waals surface area (Å²) in [6.45, 7) is 0. The molecular formula is C13H11BrF2N2O2S. The molecule has 0 aromatic heterocycles. The Kier molecular flexibility index (Phi) is 4.20. The molecule has 2 rings (SSSR count). The van der Waals surface area contributed by atoms with Gasteiger partial charge in [0.25, 0.3) is 10.0 Å². The highest BCUT2D eigenvalue weighted by Crippen LogP contribution is 2.30. The quantitative estimate of drug-likeness (QED) is 0.836. The maximum Gasteiger partial charge on any atom is 0.267 e. The lowest BCUT2D eigenvalue weighted by Crippen LogP contribution is -2.28. The first-order valence-electron chi connectivity index (χ1n) is 5.73. The van der Waals surface area contributed by atoms with Crippen LogP contribution in [0.3, 0.4) is 0 Å². The zero-order valence-electron chi connectivity index (χ0n) is 10.8. The molecule has 0 unspecified atom stereocenters. The second-order valence-corrected chi connectivity index (χ2v) is 7.03. The minimum Gasteiger partial charge on any atom is -0.399 e. The third kappa shape index (κ3) is 2.86. The maximum atomic E-state index is 14.1. The van der Waals surface area contributed by atoms with Gasteiger partial charge in [-0.1, -0.05) is 12.1 Å². The van der Waals surface area contributed by atoms with E-state index < -0.39 is 26.6 Å². The van der Waals surface area contributed by atoms with E-state index in [1.165, 1.54) is 24.3 Å². The number of nitrogen functional groups attached to an aromatic ring is 1. The number of sulfonamides is 1. The van der Waals surface area contributed by atoms with Crippen molar-refractivity contribution >= 4 is 37.3 Å². The van der Waals surface area contributed by atoms with Gasteiger partial charge in [-0.2, -0.15) is 0 Å². The molecule has 0 atom stereocenters. The topological polar surface area (TPSA) is 63.4 Å². The first-order valence-corrected chi connectivity index (χ1v) is 7.96. The van der Waals surface area contributed by atoms with Crippen LogP contribution in [0.4, 0.5) is 20.2 Å². The predicted molar refractivity (Wildman–Crippen MR) is 80.5 cm³/mol. The summed E-state index contributed by atoms with van der Waals surface area (Å²) >= 11 is 2.90. The number of para-hydroxylation sites is 1. The van der Waals surface area contributed by atoms with E-state index in [4.69, 9.17) is 5.73 Å². The molecule has 0 saturated carbocycles. The smallest absolute Gasteiger partial charge is 0.267 e. The molecule has 0 aliphatic rings. The van der Waals surface area contributed by atoms with Crippen LogP contribution in [0.5, 0.6) is 0 Å². The van der Waals surface area contributed by atoms with Crippen LogP contribution >= 0.6 is 15.9 Å². The fourth-order valence-electron chi connectivity index (χ4n) is 1.76. The van der Waals surface area contributed by atoms with Gasteiger partial charge < -0.3 is 5.73 Å². The molecule has 0 radical (unpaired) electrons. The zero-order valence-corrected chi connectivity index (χ0v) is 13.2. The molecular weight excluding hydrogens is 366 g/mol. The molecule has 0 spiro atoms. The van der Waals surface area contributed by atoms with E-state index in [-0.39, 0.29) is 15.8 Å². The number of benzene rings is 2. The van der Waals surface area contributed by atoms with Crippen molar-refractivity contribution in [2.45, 2.75) is 4.90 Å². The summed E-state index contributed by atoms with van der Waals surface area (Å²) in [6.07, 6.45) is 0. The second-order valence-electron chi connectivity index (χ2n) is 4.24. The van der Waals surface area contributed by atoms with Gasteiger partial charge in [-0.3, -0.25) is 4.31 Å². The zero-order chi connectivity index (χ0) is 15.8. The Morgan fingerprint density at radius 2 is 1.81 bits per heavy atom. The van der Waals surface area contributed by atoms with Gasteiger partial charge in [0, 0.05) is 12.7 Å². The average Bonchev–Trinajstić information content (AvgIpc) is 2.42. The maximum absolute atomic E-state index is 14.1. The fraction of sp³-hybridized carbons (Fsp3) is 0.0769. The standard InChI is InChI=1S/C13H11BrF2N2O2S/c1-18(11-5-3-2-4-10(11)15)21(19,20)12-7-8(17)6-9(14)13(12)16/h2-7H,17H2,1H3. The van der Waals surface area contributed by atoms with Crippen LogP contribution in [-0.4, -0.2) is 15.5 Å². The van der Waals surface area contributed by atoms with Gasteiger partial charge in [-0.25, -0.2) is 17.2 Å². The van der Waals surface area contributed by atoms with Gasteiger partial charge in [0.2, 0.25) is 0 Å². The molecule has 4 nitrogen and oxygen atoms in total. The second kappa shape index (κ2) is 5.61. The summed E-state index contributed by atoms with van der Waals surface area (Å²) in [7, 11) is -3.14. The molecule has 0 saturated heterocycles. The van der Waals surface area contributed by atoms with Crippen LogP contribution in [-0.2, 0) is 10.0 Å². The van der Waals surface area contributed by atoms with Crippen molar-refractivity contribution in [1.82, 2.24) is 0 Å². The molecule has 0 bridgehead atoms. The summed E-state index contributed by atoms with van der Waals surface area (Å²) in [6, 6.07) is 7.55. The van der Waals surface area contributed by atoms with Gasteiger partial charge in [0.15, 0.2) is 5.82 Å². The molecule has 21 heavy (non-hydrogen) atoms. The number of nitrogens with two attached hydrogens (primary N) is 1. The van der Waals surface area contributed by atoms with Crippen LogP contribution in [0.2, 0.25) is 0 Å².